The minimum atomic E-state index is -0.509. The van der Waals surface area contributed by atoms with Gasteiger partial charge in [-0.05, 0) is 59.2 Å². The average molecular weight is 460 g/mol. The van der Waals surface area contributed by atoms with Crippen LogP contribution in [0, 0.1) is 17.1 Å². The summed E-state index contributed by atoms with van der Waals surface area (Å²) >= 11 is 0. The molecule has 34 heavy (non-hydrogen) atoms. The molecule has 0 aromatic heterocycles. The van der Waals surface area contributed by atoms with Crippen LogP contribution in [-0.2, 0) is 17.9 Å². The third-order valence-electron chi connectivity index (χ3n) is 5.04. The number of benzene rings is 3. The van der Waals surface area contributed by atoms with Gasteiger partial charge in [0.1, 0.15) is 24.1 Å². The lowest BCUT2D eigenvalue weighted by atomic mass is 10.1. The van der Waals surface area contributed by atoms with E-state index >= 15 is 0 Å². The van der Waals surface area contributed by atoms with Gasteiger partial charge in [-0.1, -0.05) is 24.3 Å². The third kappa shape index (κ3) is 5.45. The molecule has 172 valence electrons. The molecule has 0 radical (unpaired) electrons. The number of hydrogen-bond donors (Lipinski definition) is 1. The zero-order chi connectivity index (χ0) is 23.9. The molecule has 1 N–H and O–H groups in total. The Labute approximate surface area is 195 Å². The van der Waals surface area contributed by atoms with E-state index in [-0.39, 0.29) is 31.3 Å². The Balaban J connectivity index is 1.42. The molecule has 1 amide bonds. The highest BCUT2D eigenvalue weighted by Gasteiger charge is 2.15. The van der Waals surface area contributed by atoms with E-state index in [1.807, 2.05) is 12.1 Å². The number of nitrogens with one attached hydrogen (secondary N) is 1. The number of methoxy groups -OCH3 is 1. The second kappa shape index (κ2) is 10.4. The van der Waals surface area contributed by atoms with Crippen molar-refractivity contribution in [3.8, 4) is 29.1 Å². The van der Waals surface area contributed by atoms with Gasteiger partial charge in [0.25, 0.3) is 5.91 Å². The van der Waals surface area contributed by atoms with Crippen molar-refractivity contribution in [3.05, 3.63) is 88.7 Å². The molecule has 8 heteroatoms. The maximum atomic E-state index is 13.4. The van der Waals surface area contributed by atoms with E-state index < -0.39 is 5.91 Å². The van der Waals surface area contributed by atoms with Crippen LogP contribution >= 0.6 is 0 Å². The Bertz CT molecular complexity index is 1280. The lowest BCUT2D eigenvalue weighted by molar-refractivity contribution is -0.117. The van der Waals surface area contributed by atoms with Crippen LogP contribution in [0.15, 0.2) is 66.2 Å². The molecule has 0 aliphatic carbocycles. The molecular formula is C26H21FN2O5. The topological polar surface area (TPSA) is 89.8 Å². The summed E-state index contributed by atoms with van der Waals surface area (Å²) in [5.41, 5.74) is 2.02. The molecule has 3 aromatic carbocycles. The molecular weight excluding hydrogens is 439 g/mol. The van der Waals surface area contributed by atoms with Crippen molar-refractivity contribution in [1.29, 1.82) is 5.26 Å². The van der Waals surface area contributed by atoms with Crippen molar-refractivity contribution in [3.63, 3.8) is 0 Å². The SMILES string of the molecule is COc1cc(/C=C(\C#N)C(=O)NCc2ccc3c(c2)OCO3)ccc1OCc1cccc(F)c1. The number of amides is 1. The molecule has 0 saturated carbocycles. The molecule has 1 aliphatic rings. The largest absolute Gasteiger partial charge is 0.493 e. The number of rotatable bonds is 8. The smallest absolute Gasteiger partial charge is 0.262 e. The summed E-state index contributed by atoms with van der Waals surface area (Å²) in [6, 6.07) is 18.5. The first-order chi connectivity index (χ1) is 16.6. The van der Waals surface area contributed by atoms with E-state index in [1.165, 1.54) is 25.3 Å². The molecule has 0 saturated heterocycles. The standard InChI is InChI=1S/C26H21FN2O5/c1-31-24-11-17(5-7-22(24)32-15-19-3-2-4-21(27)10-19)9-20(13-28)26(30)29-14-18-6-8-23-25(12-18)34-16-33-23/h2-12H,14-16H2,1H3,(H,29,30)/b20-9+. The minimum absolute atomic E-state index is 0.0591. The predicted octanol–water partition coefficient (Wildman–Crippen LogP) is 4.37. The van der Waals surface area contributed by atoms with Crippen LogP contribution in [-0.4, -0.2) is 19.8 Å². The van der Waals surface area contributed by atoms with E-state index in [9.17, 15) is 14.4 Å². The van der Waals surface area contributed by atoms with Crippen LogP contribution in [0.2, 0.25) is 0 Å². The number of ether oxygens (including phenoxy) is 4. The van der Waals surface area contributed by atoms with E-state index in [1.54, 1.807) is 42.5 Å². The first kappa shape index (κ1) is 22.7. The van der Waals surface area contributed by atoms with Crippen molar-refractivity contribution in [2.75, 3.05) is 13.9 Å². The number of carbonyl (C=O) groups excluding carboxylic acids is 1. The summed E-state index contributed by atoms with van der Waals surface area (Å²) in [5.74, 6) is 1.30. The number of carbonyl (C=O) groups is 1. The van der Waals surface area contributed by atoms with Gasteiger partial charge < -0.3 is 24.3 Å². The lowest BCUT2D eigenvalue weighted by Crippen LogP contribution is -2.23. The fourth-order valence-electron chi connectivity index (χ4n) is 3.32. The summed E-state index contributed by atoms with van der Waals surface area (Å²) < 4.78 is 35.1. The van der Waals surface area contributed by atoms with Gasteiger partial charge in [0, 0.05) is 6.54 Å². The van der Waals surface area contributed by atoms with Crippen LogP contribution in [0.1, 0.15) is 16.7 Å². The van der Waals surface area contributed by atoms with Crippen molar-refractivity contribution in [1.82, 2.24) is 5.32 Å². The summed E-state index contributed by atoms with van der Waals surface area (Å²) in [6.45, 7) is 0.560. The summed E-state index contributed by atoms with van der Waals surface area (Å²) in [6.07, 6.45) is 1.47. The highest BCUT2D eigenvalue weighted by Crippen LogP contribution is 2.32. The van der Waals surface area contributed by atoms with Crippen LogP contribution < -0.4 is 24.3 Å². The Morgan fingerprint density at radius 2 is 1.94 bits per heavy atom. The second-order valence-corrected chi connectivity index (χ2v) is 7.37. The monoisotopic (exact) mass is 460 g/mol. The average Bonchev–Trinajstić information content (AvgIpc) is 3.33. The Hall–Kier alpha value is -4.51. The molecule has 7 nitrogen and oxygen atoms in total. The van der Waals surface area contributed by atoms with Crippen LogP contribution in [0.25, 0.3) is 6.08 Å². The normalized spacial score (nSPS) is 12.1. The van der Waals surface area contributed by atoms with Crippen molar-refractivity contribution in [2.45, 2.75) is 13.2 Å². The van der Waals surface area contributed by atoms with E-state index in [0.717, 1.165) is 5.56 Å². The van der Waals surface area contributed by atoms with Gasteiger partial charge in [-0.15, -0.1) is 0 Å². The minimum Gasteiger partial charge on any atom is -0.493 e. The number of hydrogen-bond acceptors (Lipinski definition) is 6. The van der Waals surface area contributed by atoms with Gasteiger partial charge in [-0.3, -0.25) is 4.79 Å². The molecule has 1 heterocycles. The molecule has 0 unspecified atom stereocenters. The molecule has 1 aliphatic heterocycles. The fraction of sp³-hybridized carbons (Fsp3) is 0.154. The fourth-order valence-corrected chi connectivity index (χ4v) is 3.32. The van der Waals surface area contributed by atoms with Gasteiger partial charge in [-0.2, -0.15) is 5.26 Å². The van der Waals surface area contributed by atoms with Crippen molar-refractivity contribution < 1.29 is 28.1 Å². The molecule has 0 spiro atoms. The Morgan fingerprint density at radius 3 is 2.74 bits per heavy atom. The van der Waals surface area contributed by atoms with Crippen LogP contribution in [0.5, 0.6) is 23.0 Å². The number of nitrogens with zero attached hydrogens (tertiary/aromatic N) is 1. The van der Waals surface area contributed by atoms with Crippen molar-refractivity contribution >= 4 is 12.0 Å². The lowest BCUT2D eigenvalue weighted by Gasteiger charge is -2.12. The predicted molar refractivity (Wildman–Crippen MR) is 122 cm³/mol. The zero-order valence-electron chi connectivity index (χ0n) is 18.3. The van der Waals surface area contributed by atoms with Crippen LogP contribution in [0.3, 0.4) is 0 Å². The highest BCUT2D eigenvalue weighted by atomic mass is 19.1. The van der Waals surface area contributed by atoms with Crippen molar-refractivity contribution in [2.24, 2.45) is 0 Å². The Morgan fingerprint density at radius 1 is 1.09 bits per heavy atom. The molecule has 0 bridgehead atoms. The molecule has 0 atom stereocenters. The van der Waals surface area contributed by atoms with Gasteiger partial charge >= 0.3 is 0 Å². The first-order valence-electron chi connectivity index (χ1n) is 10.4. The maximum Gasteiger partial charge on any atom is 0.262 e. The zero-order valence-corrected chi connectivity index (χ0v) is 18.3. The third-order valence-corrected chi connectivity index (χ3v) is 5.04. The molecule has 4 rings (SSSR count). The second-order valence-electron chi connectivity index (χ2n) is 7.37. The quantitative estimate of drug-likeness (QED) is 0.397. The van der Waals surface area contributed by atoms with E-state index in [0.29, 0.717) is 34.1 Å². The number of nitriles is 1. The summed E-state index contributed by atoms with van der Waals surface area (Å²) in [5, 5.41) is 12.2. The highest BCUT2D eigenvalue weighted by molar-refractivity contribution is 6.01. The molecule has 3 aromatic rings. The maximum absolute atomic E-state index is 13.4. The Kier molecular flexibility index (Phi) is 6.94. The van der Waals surface area contributed by atoms with Gasteiger partial charge in [-0.25, -0.2) is 4.39 Å². The summed E-state index contributed by atoms with van der Waals surface area (Å²) in [4.78, 5) is 12.5. The van der Waals surface area contributed by atoms with Gasteiger partial charge in [0.15, 0.2) is 23.0 Å². The molecule has 0 fully saturated rings. The van der Waals surface area contributed by atoms with Gasteiger partial charge in [0.05, 0.1) is 7.11 Å². The van der Waals surface area contributed by atoms with Crippen LogP contribution in [0.4, 0.5) is 4.39 Å². The first-order valence-corrected chi connectivity index (χ1v) is 10.4. The number of fused-ring (bicyclic) bond motifs is 1. The van der Waals surface area contributed by atoms with E-state index in [2.05, 4.69) is 5.32 Å². The summed E-state index contributed by atoms with van der Waals surface area (Å²) in [7, 11) is 1.49. The van der Waals surface area contributed by atoms with Gasteiger partial charge in [0.2, 0.25) is 6.79 Å². The van der Waals surface area contributed by atoms with E-state index in [4.69, 9.17) is 18.9 Å². The number of halogens is 1.